The Balaban J connectivity index is 1.82. The lowest BCUT2D eigenvalue weighted by Gasteiger charge is -2.32. The Morgan fingerprint density at radius 2 is 1.81 bits per heavy atom. The van der Waals surface area contributed by atoms with E-state index < -0.39 is 0 Å². The van der Waals surface area contributed by atoms with Crippen LogP contribution in [0.3, 0.4) is 0 Å². The third-order valence-corrected chi connectivity index (χ3v) is 5.03. The number of ether oxygens (including phenoxy) is 3. The topological polar surface area (TPSA) is 48.0 Å². The molecule has 0 spiro atoms. The van der Waals surface area contributed by atoms with Gasteiger partial charge in [0.25, 0.3) is 5.91 Å². The number of amides is 1. The highest BCUT2D eigenvalue weighted by molar-refractivity contribution is 5.95. The summed E-state index contributed by atoms with van der Waals surface area (Å²) in [5, 5.41) is 0. The molecule has 0 N–H and O–H groups in total. The minimum Gasteiger partial charge on any atom is -0.493 e. The molecule has 0 bridgehead atoms. The van der Waals surface area contributed by atoms with Crippen molar-refractivity contribution in [2.75, 3.05) is 41.0 Å². The summed E-state index contributed by atoms with van der Waals surface area (Å²) in [6, 6.07) is 13.5. The maximum Gasteiger partial charge on any atom is 0.253 e. The number of carbonyl (C=O) groups excluding carboxylic acids is 1. The molecule has 1 saturated heterocycles. The Bertz CT molecular complexity index is 788. The first-order chi connectivity index (χ1) is 13.2. The predicted molar refractivity (Wildman–Crippen MR) is 105 cm³/mol. The molecule has 1 aliphatic heterocycles. The molecule has 144 valence electrons. The van der Waals surface area contributed by atoms with Crippen LogP contribution in [0.2, 0.25) is 0 Å². The van der Waals surface area contributed by atoms with Gasteiger partial charge in [-0.1, -0.05) is 18.2 Å². The van der Waals surface area contributed by atoms with E-state index in [-0.39, 0.29) is 5.91 Å². The van der Waals surface area contributed by atoms with E-state index in [4.69, 9.17) is 14.2 Å². The molecule has 2 aromatic carbocycles. The van der Waals surface area contributed by atoms with Crippen LogP contribution in [0, 0.1) is 5.92 Å². The van der Waals surface area contributed by atoms with Crippen molar-refractivity contribution >= 4 is 5.91 Å². The zero-order chi connectivity index (χ0) is 19.2. The predicted octanol–water partition coefficient (Wildman–Crippen LogP) is 3.87. The van der Waals surface area contributed by atoms with Gasteiger partial charge in [0.15, 0.2) is 11.5 Å². The first kappa shape index (κ1) is 19.2. The number of benzene rings is 2. The lowest BCUT2D eigenvalue weighted by molar-refractivity contribution is 0.0571. The number of nitrogens with zero attached hydrogens (tertiary/aromatic N) is 1. The highest BCUT2D eigenvalue weighted by atomic mass is 16.5. The van der Waals surface area contributed by atoms with E-state index in [9.17, 15) is 4.79 Å². The molecule has 1 fully saturated rings. The molecule has 0 unspecified atom stereocenters. The van der Waals surface area contributed by atoms with Crippen LogP contribution in [-0.2, 0) is 4.74 Å². The fraction of sp³-hybridized carbons (Fsp3) is 0.409. The Labute approximate surface area is 160 Å². The molecular formula is C22H27NO4. The zero-order valence-electron chi connectivity index (χ0n) is 16.2. The minimum atomic E-state index is 0.0816. The van der Waals surface area contributed by atoms with Gasteiger partial charge in [0, 0.05) is 25.8 Å². The molecule has 5 heteroatoms. The van der Waals surface area contributed by atoms with Gasteiger partial charge >= 0.3 is 0 Å². The molecule has 0 saturated carbocycles. The molecular weight excluding hydrogens is 342 g/mol. The van der Waals surface area contributed by atoms with Gasteiger partial charge < -0.3 is 19.1 Å². The van der Waals surface area contributed by atoms with Gasteiger partial charge in [-0.3, -0.25) is 4.79 Å². The van der Waals surface area contributed by atoms with Crippen LogP contribution in [0.4, 0.5) is 0 Å². The van der Waals surface area contributed by atoms with E-state index in [1.165, 1.54) is 0 Å². The smallest absolute Gasteiger partial charge is 0.253 e. The van der Waals surface area contributed by atoms with Crippen LogP contribution in [-0.4, -0.2) is 51.8 Å². The summed E-state index contributed by atoms with van der Waals surface area (Å²) < 4.78 is 16.0. The maximum atomic E-state index is 13.0. The van der Waals surface area contributed by atoms with Crippen LogP contribution < -0.4 is 9.47 Å². The van der Waals surface area contributed by atoms with E-state index in [1.807, 2.05) is 47.4 Å². The quantitative estimate of drug-likeness (QED) is 0.776. The second kappa shape index (κ2) is 8.91. The van der Waals surface area contributed by atoms with Crippen molar-refractivity contribution in [2.24, 2.45) is 5.92 Å². The Kier molecular flexibility index (Phi) is 6.35. The van der Waals surface area contributed by atoms with Crippen molar-refractivity contribution in [1.82, 2.24) is 4.90 Å². The van der Waals surface area contributed by atoms with Crippen LogP contribution in [0.5, 0.6) is 11.5 Å². The van der Waals surface area contributed by atoms with Gasteiger partial charge in [0.05, 0.1) is 20.8 Å². The van der Waals surface area contributed by atoms with Gasteiger partial charge in [-0.25, -0.2) is 0 Å². The van der Waals surface area contributed by atoms with Gasteiger partial charge in [0.1, 0.15) is 0 Å². The summed E-state index contributed by atoms with van der Waals surface area (Å²) in [4.78, 5) is 14.9. The number of piperidine rings is 1. The van der Waals surface area contributed by atoms with E-state index in [0.717, 1.165) is 37.1 Å². The van der Waals surface area contributed by atoms with Crippen molar-refractivity contribution in [1.29, 1.82) is 0 Å². The first-order valence-electron chi connectivity index (χ1n) is 9.27. The molecule has 0 aromatic heterocycles. The molecule has 1 aliphatic rings. The van der Waals surface area contributed by atoms with Crippen LogP contribution in [0.1, 0.15) is 23.2 Å². The molecule has 3 rings (SSSR count). The van der Waals surface area contributed by atoms with Gasteiger partial charge in [-0.2, -0.15) is 0 Å². The van der Waals surface area contributed by atoms with E-state index in [2.05, 4.69) is 0 Å². The van der Waals surface area contributed by atoms with Crippen LogP contribution in [0.25, 0.3) is 11.1 Å². The Morgan fingerprint density at radius 1 is 1.04 bits per heavy atom. The largest absolute Gasteiger partial charge is 0.493 e. The van der Waals surface area contributed by atoms with Gasteiger partial charge in [0.2, 0.25) is 0 Å². The molecule has 27 heavy (non-hydrogen) atoms. The van der Waals surface area contributed by atoms with Gasteiger partial charge in [-0.05, 0) is 54.2 Å². The fourth-order valence-electron chi connectivity index (χ4n) is 3.65. The number of hydrogen-bond acceptors (Lipinski definition) is 4. The summed E-state index contributed by atoms with van der Waals surface area (Å²) in [6.45, 7) is 2.27. The molecule has 0 radical (unpaired) electrons. The molecule has 1 heterocycles. The first-order valence-corrected chi connectivity index (χ1v) is 9.27. The molecule has 0 aliphatic carbocycles. The van der Waals surface area contributed by atoms with Crippen molar-refractivity contribution in [2.45, 2.75) is 12.8 Å². The summed E-state index contributed by atoms with van der Waals surface area (Å²) in [6.07, 6.45) is 2.14. The van der Waals surface area contributed by atoms with Crippen molar-refractivity contribution in [3.8, 4) is 22.6 Å². The minimum absolute atomic E-state index is 0.0816. The molecule has 1 amide bonds. The van der Waals surface area contributed by atoms with Crippen molar-refractivity contribution in [3.63, 3.8) is 0 Å². The number of rotatable bonds is 6. The number of hydrogen-bond donors (Lipinski definition) is 0. The lowest BCUT2D eigenvalue weighted by Crippen LogP contribution is -2.41. The third-order valence-electron chi connectivity index (χ3n) is 5.03. The number of likely N-dealkylation sites (tertiary alicyclic amines) is 1. The lowest BCUT2D eigenvalue weighted by atomic mass is 9.97. The van der Waals surface area contributed by atoms with Crippen molar-refractivity contribution in [3.05, 3.63) is 48.0 Å². The number of methoxy groups -OCH3 is 3. The van der Waals surface area contributed by atoms with Gasteiger partial charge in [-0.15, -0.1) is 0 Å². The molecule has 5 nitrogen and oxygen atoms in total. The SMILES string of the molecule is COC[C@H]1CCCN(C(=O)c2cccc(-c3ccc(OC)c(OC)c3)c2)C1. The summed E-state index contributed by atoms with van der Waals surface area (Å²) in [7, 11) is 4.95. The second-order valence-electron chi connectivity index (χ2n) is 6.87. The Hall–Kier alpha value is -2.53. The Morgan fingerprint density at radius 3 is 2.56 bits per heavy atom. The average molecular weight is 369 g/mol. The summed E-state index contributed by atoms with van der Waals surface area (Å²) >= 11 is 0. The maximum absolute atomic E-state index is 13.0. The monoisotopic (exact) mass is 369 g/mol. The molecule has 1 atom stereocenters. The number of carbonyl (C=O) groups is 1. The fourth-order valence-corrected chi connectivity index (χ4v) is 3.65. The molecule has 2 aromatic rings. The van der Waals surface area contributed by atoms with E-state index >= 15 is 0 Å². The van der Waals surface area contributed by atoms with Crippen molar-refractivity contribution < 1.29 is 19.0 Å². The summed E-state index contributed by atoms with van der Waals surface area (Å²) in [5.74, 6) is 1.86. The average Bonchev–Trinajstić information content (AvgIpc) is 2.73. The third kappa shape index (κ3) is 4.42. The highest BCUT2D eigenvalue weighted by Gasteiger charge is 2.24. The standard InChI is InChI=1S/C22H27NO4/c1-25-15-16-6-5-11-23(14-16)22(24)19-8-4-7-17(12-19)18-9-10-20(26-2)21(13-18)27-3/h4,7-10,12-13,16H,5-6,11,14-15H2,1-3H3/t16-/m0/s1. The van der Waals surface area contributed by atoms with Crippen LogP contribution >= 0.6 is 0 Å². The highest BCUT2D eigenvalue weighted by Crippen LogP contribution is 2.32. The van der Waals surface area contributed by atoms with E-state index in [1.54, 1.807) is 21.3 Å². The zero-order valence-corrected chi connectivity index (χ0v) is 16.2. The van der Waals surface area contributed by atoms with E-state index in [0.29, 0.717) is 29.6 Å². The second-order valence-corrected chi connectivity index (χ2v) is 6.87. The summed E-state index contributed by atoms with van der Waals surface area (Å²) in [5.41, 5.74) is 2.67. The van der Waals surface area contributed by atoms with Crippen LogP contribution in [0.15, 0.2) is 42.5 Å². The normalized spacial score (nSPS) is 16.9.